The SMILES string of the molecule is CCCn1c(C)c(CN)sc1=O. The maximum Gasteiger partial charge on any atom is 0.307 e. The van der Waals surface area contributed by atoms with Crippen LogP contribution in [-0.4, -0.2) is 4.57 Å². The molecule has 1 heterocycles. The average Bonchev–Trinajstić information content (AvgIpc) is 2.32. The lowest BCUT2D eigenvalue weighted by Crippen LogP contribution is -2.14. The Labute approximate surface area is 75.8 Å². The summed E-state index contributed by atoms with van der Waals surface area (Å²) in [5.74, 6) is 0. The molecule has 0 saturated heterocycles. The van der Waals surface area contributed by atoms with E-state index in [1.54, 1.807) is 4.57 Å². The van der Waals surface area contributed by atoms with Gasteiger partial charge in [-0.3, -0.25) is 4.79 Å². The fraction of sp³-hybridized carbons (Fsp3) is 0.625. The third-order valence-electron chi connectivity index (χ3n) is 1.87. The maximum atomic E-state index is 11.3. The van der Waals surface area contributed by atoms with E-state index in [1.807, 2.05) is 6.92 Å². The summed E-state index contributed by atoms with van der Waals surface area (Å²) in [5, 5.41) is 0. The highest BCUT2D eigenvalue weighted by Crippen LogP contribution is 2.10. The van der Waals surface area contributed by atoms with Crippen molar-refractivity contribution in [1.82, 2.24) is 4.57 Å². The summed E-state index contributed by atoms with van der Waals surface area (Å²) < 4.78 is 1.80. The summed E-state index contributed by atoms with van der Waals surface area (Å²) in [7, 11) is 0. The van der Waals surface area contributed by atoms with Crippen LogP contribution in [0.1, 0.15) is 23.9 Å². The van der Waals surface area contributed by atoms with Gasteiger partial charge in [0.05, 0.1) is 0 Å². The molecule has 0 fully saturated rings. The Hall–Kier alpha value is -0.610. The van der Waals surface area contributed by atoms with Crippen molar-refractivity contribution < 1.29 is 0 Å². The molecule has 0 atom stereocenters. The van der Waals surface area contributed by atoms with Crippen LogP contribution in [-0.2, 0) is 13.1 Å². The van der Waals surface area contributed by atoms with Crippen molar-refractivity contribution in [2.24, 2.45) is 5.73 Å². The number of nitrogens with zero attached hydrogens (tertiary/aromatic N) is 1. The van der Waals surface area contributed by atoms with E-state index in [2.05, 4.69) is 6.92 Å². The monoisotopic (exact) mass is 186 g/mol. The molecule has 0 saturated carbocycles. The summed E-state index contributed by atoms with van der Waals surface area (Å²) >= 11 is 1.26. The standard InChI is InChI=1S/C8H14N2OS/c1-3-4-10-6(2)7(5-9)12-8(10)11/h3-5,9H2,1-2H3. The van der Waals surface area contributed by atoms with E-state index in [0.29, 0.717) is 6.54 Å². The maximum absolute atomic E-state index is 11.3. The number of thiazole rings is 1. The molecule has 0 radical (unpaired) electrons. The Morgan fingerprint density at radius 1 is 1.58 bits per heavy atom. The van der Waals surface area contributed by atoms with Gasteiger partial charge < -0.3 is 10.3 Å². The first-order valence-electron chi connectivity index (χ1n) is 4.09. The van der Waals surface area contributed by atoms with Gasteiger partial charge in [-0.25, -0.2) is 0 Å². The van der Waals surface area contributed by atoms with E-state index in [0.717, 1.165) is 23.5 Å². The van der Waals surface area contributed by atoms with Crippen molar-refractivity contribution in [2.75, 3.05) is 0 Å². The Bertz CT molecular complexity index is 313. The fourth-order valence-electron chi connectivity index (χ4n) is 1.19. The second-order valence-corrected chi connectivity index (χ2v) is 3.78. The first-order chi connectivity index (χ1) is 5.70. The highest BCUT2D eigenvalue weighted by Gasteiger charge is 2.07. The Morgan fingerprint density at radius 3 is 2.67 bits per heavy atom. The molecule has 0 aliphatic heterocycles. The smallest absolute Gasteiger partial charge is 0.307 e. The van der Waals surface area contributed by atoms with E-state index < -0.39 is 0 Å². The van der Waals surface area contributed by atoms with E-state index in [9.17, 15) is 4.79 Å². The van der Waals surface area contributed by atoms with Crippen LogP contribution in [0.25, 0.3) is 0 Å². The molecule has 3 nitrogen and oxygen atoms in total. The van der Waals surface area contributed by atoms with E-state index >= 15 is 0 Å². The number of aromatic nitrogens is 1. The van der Waals surface area contributed by atoms with Gasteiger partial charge in [0.15, 0.2) is 0 Å². The van der Waals surface area contributed by atoms with Gasteiger partial charge in [-0.15, -0.1) is 0 Å². The van der Waals surface area contributed by atoms with E-state index in [-0.39, 0.29) is 4.87 Å². The molecule has 0 bridgehead atoms. The lowest BCUT2D eigenvalue weighted by Gasteiger charge is -2.01. The molecule has 0 spiro atoms. The minimum atomic E-state index is 0.120. The zero-order valence-electron chi connectivity index (χ0n) is 7.46. The van der Waals surface area contributed by atoms with Crippen molar-refractivity contribution in [2.45, 2.75) is 33.4 Å². The second-order valence-electron chi connectivity index (χ2n) is 2.73. The van der Waals surface area contributed by atoms with Crippen LogP contribution >= 0.6 is 11.3 Å². The van der Waals surface area contributed by atoms with Gasteiger partial charge in [0.2, 0.25) is 0 Å². The summed E-state index contributed by atoms with van der Waals surface area (Å²) in [4.78, 5) is 12.5. The molecule has 1 aromatic rings. The zero-order valence-corrected chi connectivity index (χ0v) is 8.28. The van der Waals surface area contributed by atoms with Crippen molar-refractivity contribution in [3.8, 4) is 0 Å². The quantitative estimate of drug-likeness (QED) is 0.768. The van der Waals surface area contributed by atoms with Crippen LogP contribution in [0.3, 0.4) is 0 Å². The molecular weight excluding hydrogens is 172 g/mol. The van der Waals surface area contributed by atoms with Gasteiger partial charge in [0.1, 0.15) is 0 Å². The molecule has 0 aromatic carbocycles. The average molecular weight is 186 g/mol. The van der Waals surface area contributed by atoms with Crippen molar-refractivity contribution in [3.05, 3.63) is 20.2 Å². The summed E-state index contributed by atoms with van der Waals surface area (Å²) in [6, 6.07) is 0. The molecule has 0 aliphatic carbocycles. The highest BCUT2D eigenvalue weighted by atomic mass is 32.1. The first kappa shape index (κ1) is 9.48. The van der Waals surface area contributed by atoms with Crippen LogP contribution in [0, 0.1) is 6.92 Å². The van der Waals surface area contributed by atoms with Crippen molar-refractivity contribution >= 4 is 11.3 Å². The number of rotatable bonds is 3. The minimum Gasteiger partial charge on any atom is -0.326 e. The molecular formula is C8H14N2OS. The predicted molar refractivity (Wildman–Crippen MR) is 51.5 cm³/mol. The van der Waals surface area contributed by atoms with Crippen LogP contribution in [0.2, 0.25) is 0 Å². The van der Waals surface area contributed by atoms with Gasteiger partial charge in [-0.2, -0.15) is 0 Å². The molecule has 12 heavy (non-hydrogen) atoms. The van der Waals surface area contributed by atoms with Gasteiger partial charge in [-0.05, 0) is 13.3 Å². The Kier molecular flexibility index (Phi) is 3.05. The molecule has 1 aromatic heterocycles. The van der Waals surface area contributed by atoms with E-state index in [1.165, 1.54) is 11.3 Å². The number of hydrogen-bond acceptors (Lipinski definition) is 3. The van der Waals surface area contributed by atoms with Crippen LogP contribution in [0.5, 0.6) is 0 Å². The molecule has 1 rings (SSSR count). The predicted octanol–water partition coefficient (Wildman–Crippen LogP) is 1.09. The van der Waals surface area contributed by atoms with Crippen molar-refractivity contribution in [3.63, 3.8) is 0 Å². The zero-order chi connectivity index (χ0) is 9.14. The summed E-state index contributed by atoms with van der Waals surface area (Å²) in [6.45, 7) is 5.30. The van der Waals surface area contributed by atoms with E-state index in [4.69, 9.17) is 5.73 Å². The van der Waals surface area contributed by atoms with Crippen LogP contribution in [0.4, 0.5) is 0 Å². The van der Waals surface area contributed by atoms with Gasteiger partial charge in [0.25, 0.3) is 0 Å². The molecule has 68 valence electrons. The lowest BCUT2D eigenvalue weighted by atomic mass is 10.3. The topological polar surface area (TPSA) is 48.0 Å². The Morgan fingerprint density at radius 2 is 2.25 bits per heavy atom. The van der Waals surface area contributed by atoms with Gasteiger partial charge in [-0.1, -0.05) is 18.3 Å². The van der Waals surface area contributed by atoms with Gasteiger partial charge in [0, 0.05) is 23.7 Å². The molecule has 2 N–H and O–H groups in total. The largest absolute Gasteiger partial charge is 0.326 e. The summed E-state index contributed by atoms with van der Waals surface area (Å²) in [6.07, 6.45) is 0.988. The van der Waals surface area contributed by atoms with Crippen molar-refractivity contribution in [1.29, 1.82) is 0 Å². The molecule has 4 heteroatoms. The highest BCUT2D eigenvalue weighted by molar-refractivity contribution is 7.09. The molecule has 0 aliphatic rings. The first-order valence-corrected chi connectivity index (χ1v) is 4.91. The molecule has 0 unspecified atom stereocenters. The van der Waals surface area contributed by atoms with Gasteiger partial charge >= 0.3 is 4.87 Å². The fourth-order valence-corrected chi connectivity index (χ4v) is 2.08. The second kappa shape index (κ2) is 3.87. The molecule has 0 amide bonds. The van der Waals surface area contributed by atoms with Crippen LogP contribution in [0.15, 0.2) is 4.79 Å². The third-order valence-corrected chi connectivity index (χ3v) is 2.98. The Balaban J connectivity index is 3.10. The summed E-state index contributed by atoms with van der Waals surface area (Å²) in [5.41, 5.74) is 6.52. The minimum absolute atomic E-state index is 0.120. The normalized spacial score (nSPS) is 10.6. The number of hydrogen-bond donors (Lipinski definition) is 1. The van der Waals surface area contributed by atoms with Crippen LogP contribution < -0.4 is 10.6 Å². The third kappa shape index (κ3) is 1.59. The number of nitrogens with two attached hydrogens (primary N) is 1. The lowest BCUT2D eigenvalue weighted by molar-refractivity contribution is 0.648.